The Kier molecular flexibility index (Phi) is 4.40. The fourth-order valence-electron chi connectivity index (χ4n) is 1.62. The predicted molar refractivity (Wildman–Crippen MR) is 63.4 cm³/mol. The number of sulfonamides is 1. The first-order valence-electron chi connectivity index (χ1n) is 5.05. The van der Waals surface area contributed by atoms with Crippen molar-refractivity contribution in [3.8, 4) is 6.07 Å². The fourth-order valence-corrected chi connectivity index (χ4v) is 2.22. The average Bonchev–Trinajstić information content (AvgIpc) is 2.30. The summed E-state index contributed by atoms with van der Waals surface area (Å²) in [6, 6.07) is 5.29. The van der Waals surface area contributed by atoms with Crippen molar-refractivity contribution in [2.45, 2.75) is 18.3 Å². The first-order valence-corrected chi connectivity index (χ1v) is 6.66. The number of halogens is 1. The fraction of sp³-hybridized carbons (Fsp3) is 0.364. The third kappa shape index (κ3) is 3.04. The monoisotopic (exact) mass is 272 g/mol. The van der Waals surface area contributed by atoms with E-state index >= 15 is 0 Å². The van der Waals surface area contributed by atoms with Crippen molar-refractivity contribution < 1.29 is 17.5 Å². The van der Waals surface area contributed by atoms with Gasteiger partial charge in [0.25, 0.3) is 0 Å². The lowest BCUT2D eigenvalue weighted by Crippen LogP contribution is -2.32. The van der Waals surface area contributed by atoms with Crippen molar-refractivity contribution in [1.29, 1.82) is 5.26 Å². The molecule has 0 aromatic heterocycles. The summed E-state index contributed by atoms with van der Waals surface area (Å²) in [6.07, 6.45) is -0.921. The molecule has 1 aromatic rings. The van der Waals surface area contributed by atoms with E-state index in [-0.39, 0.29) is 5.56 Å². The van der Waals surface area contributed by atoms with Crippen LogP contribution in [0.4, 0.5) is 4.39 Å². The second kappa shape index (κ2) is 5.44. The van der Waals surface area contributed by atoms with Gasteiger partial charge in [-0.2, -0.15) is 5.26 Å². The minimum absolute atomic E-state index is 0.0253. The maximum Gasteiger partial charge on any atom is 0.214 e. The van der Waals surface area contributed by atoms with E-state index in [0.29, 0.717) is 5.56 Å². The van der Waals surface area contributed by atoms with E-state index in [4.69, 9.17) is 15.1 Å². The van der Waals surface area contributed by atoms with Gasteiger partial charge in [0.2, 0.25) is 10.0 Å². The Morgan fingerprint density at radius 1 is 1.50 bits per heavy atom. The van der Waals surface area contributed by atoms with Gasteiger partial charge >= 0.3 is 0 Å². The SMILES string of the molecule is CO[C@@H](c1ccc(F)cc1C#N)[C@@H](C)S(N)(=O)=O. The molecule has 0 saturated carbocycles. The highest BCUT2D eigenvalue weighted by molar-refractivity contribution is 7.89. The number of primary sulfonamides is 1. The predicted octanol–water partition coefficient (Wildman–Crippen LogP) is 1.06. The molecule has 98 valence electrons. The Morgan fingerprint density at radius 2 is 2.11 bits per heavy atom. The molecule has 0 radical (unpaired) electrons. The number of rotatable bonds is 4. The number of methoxy groups -OCH3 is 1. The number of hydrogen-bond donors (Lipinski definition) is 1. The third-order valence-corrected chi connectivity index (χ3v) is 3.92. The molecule has 1 rings (SSSR count). The number of ether oxygens (including phenoxy) is 1. The summed E-state index contributed by atoms with van der Waals surface area (Å²) in [4.78, 5) is 0. The topological polar surface area (TPSA) is 93.2 Å². The van der Waals surface area contributed by atoms with Crippen LogP contribution in [0.15, 0.2) is 18.2 Å². The molecule has 1 aromatic carbocycles. The molecule has 0 amide bonds. The molecule has 0 unspecified atom stereocenters. The molecule has 0 heterocycles. The van der Waals surface area contributed by atoms with Crippen molar-refractivity contribution in [2.75, 3.05) is 7.11 Å². The van der Waals surface area contributed by atoms with Crippen molar-refractivity contribution in [3.05, 3.63) is 35.1 Å². The number of nitriles is 1. The molecule has 5 nitrogen and oxygen atoms in total. The molecule has 2 atom stereocenters. The zero-order valence-corrected chi connectivity index (χ0v) is 10.7. The molecule has 2 N–H and O–H groups in total. The minimum atomic E-state index is -3.83. The summed E-state index contributed by atoms with van der Waals surface area (Å²) in [5.41, 5.74) is 0.320. The van der Waals surface area contributed by atoms with Crippen molar-refractivity contribution in [2.24, 2.45) is 5.14 Å². The third-order valence-electron chi connectivity index (χ3n) is 2.64. The first kappa shape index (κ1) is 14.6. The highest BCUT2D eigenvalue weighted by Crippen LogP contribution is 2.27. The van der Waals surface area contributed by atoms with E-state index < -0.39 is 27.2 Å². The van der Waals surface area contributed by atoms with Gasteiger partial charge in [-0.25, -0.2) is 17.9 Å². The molecular formula is C11H13FN2O3S. The van der Waals surface area contributed by atoms with Gasteiger partial charge in [-0.05, 0) is 19.1 Å². The smallest absolute Gasteiger partial charge is 0.214 e. The van der Waals surface area contributed by atoms with Gasteiger partial charge in [0.05, 0.1) is 11.6 Å². The molecule has 0 aliphatic rings. The summed E-state index contributed by atoms with van der Waals surface area (Å²) < 4.78 is 40.7. The van der Waals surface area contributed by atoms with E-state index in [1.54, 1.807) is 6.07 Å². The minimum Gasteiger partial charge on any atom is -0.375 e. The Labute approximate surface area is 105 Å². The highest BCUT2D eigenvalue weighted by atomic mass is 32.2. The molecular weight excluding hydrogens is 259 g/mol. The second-order valence-corrected chi connectivity index (χ2v) is 5.72. The molecule has 0 aliphatic carbocycles. The summed E-state index contributed by atoms with van der Waals surface area (Å²) in [5.74, 6) is -0.576. The Morgan fingerprint density at radius 3 is 2.56 bits per heavy atom. The lowest BCUT2D eigenvalue weighted by atomic mass is 10.0. The van der Waals surface area contributed by atoms with Crippen LogP contribution in [0, 0.1) is 17.1 Å². The van der Waals surface area contributed by atoms with Crippen LogP contribution < -0.4 is 5.14 Å². The lowest BCUT2D eigenvalue weighted by molar-refractivity contribution is 0.102. The number of nitrogens with two attached hydrogens (primary N) is 1. The van der Waals surface area contributed by atoms with Gasteiger partial charge in [0, 0.05) is 12.7 Å². The molecule has 0 spiro atoms. The number of hydrogen-bond acceptors (Lipinski definition) is 4. The molecule has 0 saturated heterocycles. The Bertz CT molecular complexity index is 580. The van der Waals surface area contributed by atoms with Crippen LogP contribution in [0.5, 0.6) is 0 Å². The van der Waals surface area contributed by atoms with Crippen LogP contribution in [-0.4, -0.2) is 20.8 Å². The quantitative estimate of drug-likeness (QED) is 0.886. The molecule has 0 aliphatic heterocycles. The molecule has 0 fully saturated rings. The maximum absolute atomic E-state index is 13.0. The Balaban J connectivity index is 3.31. The lowest BCUT2D eigenvalue weighted by Gasteiger charge is -2.22. The van der Waals surface area contributed by atoms with Crippen LogP contribution >= 0.6 is 0 Å². The van der Waals surface area contributed by atoms with Crippen LogP contribution in [0.2, 0.25) is 0 Å². The summed E-state index contributed by atoms with van der Waals surface area (Å²) in [6.45, 7) is 1.37. The van der Waals surface area contributed by atoms with Crippen molar-refractivity contribution in [3.63, 3.8) is 0 Å². The van der Waals surface area contributed by atoms with Gasteiger partial charge in [-0.3, -0.25) is 0 Å². The molecule has 0 bridgehead atoms. The average molecular weight is 272 g/mol. The van der Waals surface area contributed by atoms with E-state index in [1.807, 2.05) is 0 Å². The van der Waals surface area contributed by atoms with Crippen LogP contribution in [-0.2, 0) is 14.8 Å². The van der Waals surface area contributed by atoms with E-state index in [1.165, 1.54) is 20.1 Å². The summed E-state index contributed by atoms with van der Waals surface area (Å²) in [5, 5.41) is 12.9. The zero-order chi connectivity index (χ0) is 13.9. The second-order valence-electron chi connectivity index (χ2n) is 3.79. The van der Waals surface area contributed by atoms with Gasteiger partial charge in [0.1, 0.15) is 17.2 Å². The van der Waals surface area contributed by atoms with E-state index in [9.17, 15) is 12.8 Å². The van der Waals surface area contributed by atoms with E-state index in [2.05, 4.69) is 0 Å². The number of benzene rings is 1. The molecule has 7 heteroatoms. The van der Waals surface area contributed by atoms with Gasteiger partial charge in [0.15, 0.2) is 0 Å². The zero-order valence-electron chi connectivity index (χ0n) is 9.92. The normalized spacial score (nSPS) is 14.8. The standard InChI is InChI=1S/C11H13FN2O3S/c1-7(18(14,15)16)11(17-2)10-4-3-9(12)5-8(10)6-13/h3-5,7,11H,1-2H3,(H2,14,15,16)/t7-,11-/m1/s1. The largest absolute Gasteiger partial charge is 0.375 e. The Hall–Kier alpha value is -1.49. The van der Waals surface area contributed by atoms with E-state index in [0.717, 1.165) is 12.1 Å². The van der Waals surface area contributed by atoms with Crippen molar-refractivity contribution in [1.82, 2.24) is 0 Å². The summed E-state index contributed by atoms with van der Waals surface area (Å²) in [7, 11) is -2.52. The van der Waals surface area contributed by atoms with Crippen LogP contribution in [0.1, 0.15) is 24.2 Å². The summed E-state index contributed by atoms with van der Waals surface area (Å²) >= 11 is 0. The van der Waals surface area contributed by atoms with Gasteiger partial charge < -0.3 is 4.74 Å². The van der Waals surface area contributed by atoms with Crippen molar-refractivity contribution >= 4 is 10.0 Å². The highest BCUT2D eigenvalue weighted by Gasteiger charge is 2.29. The van der Waals surface area contributed by atoms with Gasteiger partial charge in [-0.1, -0.05) is 6.07 Å². The maximum atomic E-state index is 13.0. The molecule has 18 heavy (non-hydrogen) atoms. The van der Waals surface area contributed by atoms with Crippen LogP contribution in [0.3, 0.4) is 0 Å². The van der Waals surface area contributed by atoms with Gasteiger partial charge in [-0.15, -0.1) is 0 Å². The number of nitrogens with zero attached hydrogens (tertiary/aromatic N) is 1. The van der Waals surface area contributed by atoms with Crippen LogP contribution in [0.25, 0.3) is 0 Å². The first-order chi connectivity index (χ1) is 8.31.